The summed E-state index contributed by atoms with van der Waals surface area (Å²) in [6.45, 7) is 2.93. The van der Waals surface area contributed by atoms with Crippen LogP contribution >= 0.6 is 11.8 Å². The van der Waals surface area contributed by atoms with Gasteiger partial charge in [-0.2, -0.15) is 11.8 Å². The van der Waals surface area contributed by atoms with E-state index < -0.39 is 0 Å². The normalized spacial score (nSPS) is 13.4. The van der Waals surface area contributed by atoms with Crippen LogP contribution in [0.15, 0.2) is 0 Å². The van der Waals surface area contributed by atoms with Gasteiger partial charge in [0, 0.05) is 25.5 Å². The third kappa shape index (κ3) is 10.3. The van der Waals surface area contributed by atoms with Crippen LogP contribution < -0.4 is 5.73 Å². The molecule has 0 bridgehead atoms. The van der Waals surface area contributed by atoms with Crippen molar-refractivity contribution in [3.05, 3.63) is 0 Å². The first-order chi connectivity index (χ1) is 5.27. The Morgan fingerprint density at radius 3 is 2.73 bits per heavy atom. The first-order valence-electron chi connectivity index (χ1n) is 4.09. The minimum atomic E-state index is 0.336. The van der Waals surface area contributed by atoms with Crippen LogP contribution in [-0.4, -0.2) is 31.3 Å². The second-order valence-electron chi connectivity index (χ2n) is 2.75. The minimum Gasteiger partial charge on any atom is -0.385 e. The van der Waals surface area contributed by atoms with Crippen molar-refractivity contribution in [1.82, 2.24) is 0 Å². The van der Waals surface area contributed by atoms with Crippen LogP contribution in [0, 0.1) is 0 Å². The van der Waals surface area contributed by atoms with E-state index in [1.165, 1.54) is 18.6 Å². The van der Waals surface area contributed by atoms with Gasteiger partial charge >= 0.3 is 0 Å². The summed E-state index contributed by atoms with van der Waals surface area (Å²) in [6.07, 6.45) is 2.41. The van der Waals surface area contributed by atoms with E-state index in [0.29, 0.717) is 6.04 Å². The number of nitrogens with two attached hydrogens (primary N) is 1. The lowest BCUT2D eigenvalue weighted by Gasteiger charge is -2.03. The number of ether oxygens (including phenoxy) is 1. The van der Waals surface area contributed by atoms with Crippen molar-refractivity contribution in [3.8, 4) is 0 Å². The van der Waals surface area contributed by atoms with Crippen molar-refractivity contribution in [2.45, 2.75) is 25.8 Å². The van der Waals surface area contributed by atoms with Crippen LogP contribution in [0.4, 0.5) is 0 Å². The highest BCUT2D eigenvalue weighted by molar-refractivity contribution is 7.99. The number of rotatable bonds is 7. The molecular weight excluding hydrogens is 158 g/mol. The molecule has 0 aliphatic heterocycles. The van der Waals surface area contributed by atoms with Gasteiger partial charge in [-0.3, -0.25) is 0 Å². The third-order valence-electron chi connectivity index (χ3n) is 1.27. The molecule has 2 nitrogen and oxygen atoms in total. The molecule has 0 aromatic carbocycles. The predicted molar refractivity (Wildman–Crippen MR) is 52.1 cm³/mol. The van der Waals surface area contributed by atoms with Crippen LogP contribution in [-0.2, 0) is 4.74 Å². The Labute approximate surface area is 73.9 Å². The second kappa shape index (κ2) is 8.37. The number of hydrogen-bond acceptors (Lipinski definition) is 3. The molecule has 1 atom stereocenters. The van der Waals surface area contributed by atoms with Crippen molar-refractivity contribution in [2.75, 3.05) is 25.2 Å². The van der Waals surface area contributed by atoms with Crippen molar-refractivity contribution in [3.63, 3.8) is 0 Å². The molecule has 0 aliphatic carbocycles. The van der Waals surface area contributed by atoms with Crippen LogP contribution in [0.2, 0.25) is 0 Å². The molecule has 11 heavy (non-hydrogen) atoms. The molecule has 1 unspecified atom stereocenters. The average molecular weight is 177 g/mol. The zero-order valence-corrected chi connectivity index (χ0v) is 8.32. The van der Waals surface area contributed by atoms with Crippen LogP contribution in [0.5, 0.6) is 0 Å². The first-order valence-corrected chi connectivity index (χ1v) is 5.25. The van der Waals surface area contributed by atoms with Crippen molar-refractivity contribution in [2.24, 2.45) is 5.73 Å². The molecule has 0 rings (SSSR count). The Morgan fingerprint density at radius 2 is 2.18 bits per heavy atom. The molecule has 0 aromatic heterocycles. The zero-order chi connectivity index (χ0) is 8.53. The summed E-state index contributed by atoms with van der Waals surface area (Å²) in [5, 5.41) is 0. The highest BCUT2D eigenvalue weighted by Crippen LogP contribution is 2.05. The van der Waals surface area contributed by atoms with E-state index >= 15 is 0 Å². The number of thioether (sulfide) groups is 1. The largest absolute Gasteiger partial charge is 0.385 e. The summed E-state index contributed by atoms with van der Waals surface area (Å²) in [6, 6.07) is 0.336. The molecule has 0 spiro atoms. The molecule has 2 N–H and O–H groups in total. The monoisotopic (exact) mass is 177 g/mol. The Bertz CT molecular complexity index is 78.5. The highest BCUT2D eigenvalue weighted by Gasteiger charge is 1.93. The van der Waals surface area contributed by atoms with E-state index in [1.54, 1.807) is 7.11 Å². The summed E-state index contributed by atoms with van der Waals surface area (Å²) in [5.74, 6) is 2.29. The van der Waals surface area contributed by atoms with Gasteiger partial charge in [0.05, 0.1) is 0 Å². The summed E-state index contributed by atoms with van der Waals surface area (Å²) < 4.78 is 4.94. The molecule has 68 valence electrons. The molecule has 0 saturated heterocycles. The van der Waals surface area contributed by atoms with Gasteiger partial charge in [-0.15, -0.1) is 0 Å². The van der Waals surface area contributed by atoms with Crippen LogP contribution in [0.25, 0.3) is 0 Å². The van der Waals surface area contributed by atoms with Gasteiger partial charge in [-0.25, -0.2) is 0 Å². The first kappa shape index (κ1) is 11.3. The minimum absolute atomic E-state index is 0.336. The lowest BCUT2D eigenvalue weighted by Crippen LogP contribution is -2.17. The lowest BCUT2D eigenvalue weighted by molar-refractivity contribution is 0.194. The second-order valence-corrected chi connectivity index (χ2v) is 3.90. The Balaban J connectivity index is 2.80. The molecule has 0 fully saturated rings. The fraction of sp³-hybridized carbons (Fsp3) is 1.00. The van der Waals surface area contributed by atoms with Gasteiger partial charge in [0.15, 0.2) is 0 Å². The third-order valence-corrected chi connectivity index (χ3v) is 2.61. The molecule has 3 heteroatoms. The van der Waals surface area contributed by atoms with E-state index in [0.717, 1.165) is 12.4 Å². The van der Waals surface area contributed by atoms with Gasteiger partial charge < -0.3 is 10.5 Å². The Hall–Kier alpha value is 0.270. The van der Waals surface area contributed by atoms with Crippen LogP contribution in [0.1, 0.15) is 19.8 Å². The maximum absolute atomic E-state index is 5.59. The number of methoxy groups -OCH3 is 1. The van der Waals surface area contributed by atoms with Gasteiger partial charge in [-0.05, 0) is 25.5 Å². The van der Waals surface area contributed by atoms with E-state index in [1.807, 2.05) is 18.7 Å². The van der Waals surface area contributed by atoms with Gasteiger partial charge in [0.25, 0.3) is 0 Å². The highest BCUT2D eigenvalue weighted by atomic mass is 32.2. The Kier molecular flexibility index (Phi) is 8.57. The number of unbranched alkanes of at least 4 members (excludes halogenated alkanes) is 1. The smallest absolute Gasteiger partial charge is 0.0462 e. The van der Waals surface area contributed by atoms with Crippen molar-refractivity contribution < 1.29 is 4.74 Å². The molecule has 0 aromatic rings. The summed E-state index contributed by atoms with van der Waals surface area (Å²) in [7, 11) is 1.75. The fourth-order valence-electron chi connectivity index (χ4n) is 0.720. The van der Waals surface area contributed by atoms with E-state index in [-0.39, 0.29) is 0 Å². The summed E-state index contributed by atoms with van der Waals surface area (Å²) in [4.78, 5) is 0. The van der Waals surface area contributed by atoms with E-state index in [9.17, 15) is 0 Å². The Morgan fingerprint density at radius 1 is 1.45 bits per heavy atom. The fourth-order valence-corrected chi connectivity index (χ4v) is 1.67. The van der Waals surface area contributed by atoms with Crippen molar-refractivity contribution in [1.29, 1.82) is 0 Å². The maximum Gasteiger partial charge on any atom is 0.0462 e. The van der Waals surface area contributed by atoms with Gasteiger partial charge in [-0.1, -0.05) is 0 Å². The molecule has 0 radical (unpaired) electrons. The van der Waals surface area contributed by atoms with Gasteiger partial charge in [0.2, 0.25) is 0 Å². The predicted octanol–water partition coefficient (Wildman–Crippen LogP) is 1.49. The molecular formula is C8H19NOS. The summed E-state index contributed by atoms with van der Waals surface area (Å²) >= 11 is 1.93. The molecule has 0 heterocycles. The standard InChI is InChI=1S/C8H19NOS/c1-8(9)7-11-6-4-3-5-10-2/h8H,3-7,9H2,1-2H3. The topological polar surface area (TPSA) is 35.2 Å². The van der Waals surface area contributed by atoms with Crippen LogP contribution in [0.3, 0.4) is 0 Å². The van der Waals surface area contributed by atoms with Crippen molar-refractivity contribution >= 4 is 11.8 Å². The SMILES string of the molecule is COCCCCSCC(C)N. The van der Waals surface area contributed by atoms with E-state index in [2.05, 4.69) is 0 Å². The molecule has 0 amide bonds. The number of hydrogen-bond donors (Lipinski definition) is 1. The molecule has 0 aliphatic rings. The quantitative estimate of drug-likeness (QED) is 0.598. The molecule has 0 saturated carbocycles. The lowest BCUT2D eigenvalue weighted by atomic mass is 10.4. The zero-order valence-electron chi connectivity index (χ0n) is 7.51. The van der Waals surface area contributed by atoms with Gasteiger partial charge in [0.1, 0.15) is 0 Å². The maximum atomic E-state index is 5.59. The summed E-state index contributed by atoms with van der Waals surface area (Å²) in [5.41, 5.74) is 5.59. The van der Waals surface area contributed by atoms with E-state index in [4.69, 9.17) is 10.5 Å². The average Bonchev–Trinajstić information content (AvgIpc) is 1.96.